The fourth-order valence-corrected chi connectivity index (χ4v) is 12.3. The molecule has 15 heteroatoms. The zero-order chi connectivity index (χ0) is 43.7. The predicted octanol–water partition coefficient (Wildman–Crippen LogP) is 10.7. The van der Waals surface area contributed by atoms with Gasteiger partial charge in [-0.25, -0.2) is 22.4 Å². The van der Waals surface area contributed by atoms with Gasteiger partial charge in [0.25, 0.3) is 10.0 Å². The topological polar surface area (TPSA) is 124 Å². The van der Waals surface area contributed by atoms with Gasteiger partial charge in [-0.05, 0) is 79.2 Å². The number of fused-ring (bicyclic) bond motifs is 5. The Morgan fingerprint density at radius 1 is 0.983 bits per heavy atom. The quantitative estimate of drug-likeness (QED) is 0.0838. The van der Waals surface area contributed by atoms with E-state index in [9.17, 15) is 8.42 Å². The summed E-state index contributed by atoms with van der Waals surface area (Å²) < 4.78 is 58.0. The highest BCUT2D eigenvalue weighted by molar-refractivity contribution is 9.10. The van der Waals surface area contributed by atoms with Crippen LogP contribution in [0.5, 0.6) is 5.88 Å². The number of ketones is 1. The van der Waals surface area contributed by atoms with Crippen LogP contribution in [0.25, 0.3) is 33.4 Å². The number of Topliss-reactive ketones (excluding diaryl/α,β-unsaturated/α-hetero) is 1. The van der Waals surface area contributed by atoms with Gasteiger partial charge in [-0.1, -0.05) is 87.0 Å². The molecule has 60 heavy (non-hydrogen) atoms. The Morgan fingerprint density at radius 3 is 2.32 bits per heavy atom. The van der Waals surface area contributed by atoms with Crippen LogP contribution in [0, 0.1) is 12.8 Å². The van der Waals surface area contributed by atoms with E-state index in [1.54, 1.807) is 49.8 Å². The average molecular weight is 936 g/mol. The van der Waals surface area contributed by atoms with Crippen molar-refractivity contribution in [2.75, 3.05) is 20.8 Å². The molecule has 3 heterocycles. The van der Waals surface area contributed by atoms with Crippen LogP contribution in [-0.2, 0) is 30.7 Å². The minimum Gasteiger partial charge on any atom is -0.479 e. The number of benzene rings is 2. The molecular formula is C45H59BrN4O7SSi2. The zero-order valence-electron chi connectivity index (χ0n) is 37.0. The molecule has 0 N–H and O–H groups in total. The first-order chi connectivity index (χ1) is 28.0. The van der Waals surface area contributed by atoms with Gasteiger partial charge in [0.05, 0.1) is 41.2 Å². The SMILES string of the molecule is COc1nc(-c2cn(COCC[Si](C)(C)C)c3c2[C@@H]2C[C@@](OC)(C[C@@H](O[Si](C)(C)C(C)(C)C)[C@@H]2C)C3=O)cnc1-c1cn(S(=O)(=O)c2ccc(C)cc2)c2cc(Br)ccc12. The first-order valence-corrected chi connectivity index (χ1v) is 29.5. The Morgan fingerprint density at radius 2 is 1.68 bits per heavy atom. The largest absolute Gasteiger partial charge is 0.479 e. The number of hydrogen-bond donors (Lipinski definition) is 0. The van der Waals surface area contributed by atoms with Crippen LogP contribution in [0.1, 0.15) is 68.1 Å². The van der Waals surface area contributed by atoms with Crippen molar-refractivity contribution in [2.45, 2.75) is 121 Å². The number of ether oxygens (including phenoxy) is 3. The Kier molecular flexibility index (Phi) is 11.9. The summed E-state index contributed by atoms with van der Waals surface area (Å²) in [6.45, 7) is 23.1. The van der Waals surface area contributed by atoms with Crippen LogP contribution in [0.3, 0.4) is 0 Å². The number of halogens is 1. The van der Waals surface area contributed by atoms with E-state index in [1.165, 1.54) is 11.1 Å². The van der Waals surface area contributed by atoms with E-state index in [0.717, 1.165) is 27.2 Å². The van der Waals surface area contributed by atoms with Crippen molar-refractivity contribution < 1.29 is 31.8 Å². The van der Waals surface area contributed by atoms with Crippen molar-refractivity contribution in [1.29, 1.82) is 0 Å². The van der Waals surface area contributed by atoms with E-state index >= 15 is 4.79 Å². The third kappa shape index (κ3) is 8.03. The van der Waals surface area contributed by atoms with Crippen LogP contribution in [-0.4, -0.2) is 81.6 Å². The third-order valence-electron chi connectivity index (χ3n) is 13.1. The number of nitrogens with zero attached hydrogens (tertiary/aromatic N) is 4. The molecule has 1 fully saturated rings. The molecule has 7 rings (SSSR count). The van der Waals surface area contributed by atoms with Crippen LogP contribution in [0.15, 0.2) is 70.4 Å². The summed E-state index contributed by atoms with van der Waals surface area (Å²) >= 11 is 3.54. The lowest BCUT2D eigenvalue weighted by molar-refractivity contribution is -0.0780. The highest BCUT2D eigenvalue weighted by atomic mass is 79.9. The minimum absolute atomic E-state index is 0.0159. The zero-order valence-corrected chi connectivity index (χ0v) is 41.4. The second-order valence-electron chi connectivity index (χ2n) is 19.4. The normalized spacial score (nSPS) is 21.1. The fourth-order valence-electron chi connectivity index (χ4n) is 8.38. The van der Waals surface area contributed by atoms with Gasteiger partial charge in [0.2, 0.25) is 11.7 Å². The summed E-state index contributed by atoms with van der Waals surface area (Å²) in [6, 6.07) is 13.3. The molecule has 2 aliphatic rings. The molecule has 2 aliphatic carbocycles. The van der Waals surface area contributed by atoms with Gasteiger partial charge in [-0.15, -0.1) is 0 Å². The summed E-state index contributed by atoms with van der Waals surface area (Å²) in [5.74, 6) is 0.124. The number of methoxy groups -OCH3 is 2. The molecule has 1 saturated carbocycles. The van der Waals surface area contributed by atoms with Gasteiger partial charge in [-0.3, -0.25) is 4.79 Å². The molecule has 5 aromatic rings. The molecule has 2 bridgehead atoms. The number of aromatic nitrogens is 4. The van der Waals surface area contributed by atoms with E-state index in [-0.39, 0.29) is 46.3 Å². The van der Waals surface area contributed by atoms with Gasteiger partial charge in [-0.2, -0.15) is 0 Å². The summed E-state index contributed by atoms with van der Waals surface area (Å²) in [5, 5.41) is 0.649. The maximum absolute atomic E-state index is 15.0. The Labute approximate surface area is 365 Å². The fraction of sp³-hybridized carbons (Fsp3) is 0.489. The Hall–Kier alpha value is -3.45. The molecule has 3 aromatic heterocycles. The molecule has 0 saturated heterocycles. The average Bonchev–Trinajstić information content (AvgIpc) is 3.75. The van der Waals surface area contributed by atoms with Gasteiger partial charge in [0, 0.05) is 61.6 Å². The number of carbonyl (C=O) groups excluding carboxylic acids is 1. The van der Waals surface area contributed by atoms with E-state index in [0.29, 0.717) is 53.0 Å². The lowest BCUT2D eigenvalue weighted by atomic mass is 9.61. The maximum Gasteiger partial charge on any atom is 0.268 e. The molecule has 11 nitrogen and oxygen atoms in total. The second-order valence-corrected chi connectivity index (χ2v) is 32.5. The van der Waals surface area contributed by atoms with Gasteiger partial charge in [0.15, 0.2) is 8.32 Å². The highest BCUT2D eigenvalue weighted by Gasteiger charge is 2.58. The molecule has 0 radical (unpaired) electrons. The van der Waals surface area contributed by atoms with Crippen molar-refractivity contribution in [3.05, 3.63) is 82.3 Å². The molecular weight excluding hydrogens is 877 g/mol. The molecule has 0 amide bonds. The van der Waals surface area contributed by atoms with Crippen LogP contribution < -0.4 is 4.74 Å². The second kappa shape index (κ2) is 16.0. The van der Waals surface area contributed by atoms with Crippen molar-refractivity contribution in [3.8, 4) is 28.4 Å². The van der Waals surface area contributed by atoms with Gasteiger partial charge >= 0.3 is 0 Å². The lowest BCUT2D eigenvalue weighted by Gasteiger charge is -2.52. The highest BCUT2D eigenvalue weighted by Crippen LogP contribution is 2.55. The molecule has 322 valence electrons. The predicted molar refractivity (Wildman–Crippen MR) is 246 cm³/mol. The van der Waals surface area contributed by atoms with Crippen LogP contribution in [0.4, 0.5) is 0 Å². The molecule has 0 aliphatic heterocycles. The van der Waals surface area contributed by atoms with Crippen molar-refractivity contribution in [3.63, 3.8) is 0 Å². The lowest BCUT2D eigenvalue weighted by Crippen LogP contribution is -2.58. The van der Waals surface area contributed by atoms with E-state index in [4.69, 9.17) is 28.6 Å². The van der Waals surface area contributed by atoms with Gasteiger partial charge < -0.3 is 23.2 Å². The van der Waals surface area contributed by atoms with Crippen molar-refractivity contribution >= 4 is 59.0 Å². The first-order valence-electron chi connectivity index (χ1n) is 20.6. The molecule has 0 spiro atoms. The maximum atomic E-state index is 15.0. The molecule has 2 aromatic carbocycles. The summed E-state index contributed by atoms with van der Waals surface area (Å²) in [5.41, 5.74) is 4.11. The summed E-state index contributed by atoms with van der Waals surface area (Å²) in [7, 11) is -4.40. The molecule has 4 atom stereocenters. The number of rotatable bonds is 13. The smallest absolute Gasteiger partial charge is 0.268 e. The number of hydrogen-bond acceptors (Lipinski definition) is 9. The number of aryl methyl sites for hydroxylation is 1. The third-order valence-corrected chi connectivity index (χ3v) is 21.5. The molecule has 0 unspecified atom stereocenters. The van der Waals surface area contributed by atoms with Crippen LogP contribution in [0.2, 0.25) is 43.8 Å². The van der Waals surface area contributed by atoms with E-state index in [1.807, 2.05) is 29.8 Å². The first kappa shape index (κ1) is 44.6. The Balaban J connectivity index is 1.37. The monoisotopic (exact) mass is 934 g/mol. The van der Waals surface area contributed by atoms with Gasteiger partial charge in [0.1, 0.15) is 18.0 Å². The van der Waals surface area contributed by atoms with Crippen LogP contribution >= 0.6 is 15.9 Å². The van der Waals surface area contributed by atoms with E-state index in [2.05, 4.69) is 76.4 Å². The van der Waals surface area contributed by atoms with E-state index < -0.39 is 32.0 Å². The van der Waals surface area contributed by atoms with Crippen molar-refractivity contribution in [1.82, 2.24) is 18.5 Å². The summed E-state index contributed by atoms with van der Waals surface area (Å²) in [4.78, 5) is 25.2. The number of carbonyl (C=O) groups is 1. The Bertz CT molecular complexity index is 2560. The standard InChI is InChI=1S/C45H59BrN4O7SSi2/c1-28-13-16-31(17-14-28)58(52,53)50-26-34(32-18-15-30(46)21-37(32)50)40-43(54-6)48-36(24-47-40)35-25-49(27-56-19-20-59(8,9)10)41-39(35)33-22-45(55-7,42(41)51)23-38(29(33)2)57-60(11,12)44(3,4)5/h13-18,21,24-26,29,33,38H,19-20,22-23,27H2,1-12H3/t29-,33-,38-,45-/m1/s1. The van der Waals surface area contributed by atoms with Crippen molar-refractivity contribution in [2.24, 2.45) is 5.92 Å². The summed E-state index contributed by atoms with van der Waals surface area (Å²) in [6.07, 6.45) is 6.06. The minimum atomic E-state index is -3.99.